The molecule has 1 N–H and O–H groups in total. The van der Waals surface area contributed by atoms with Gasteiger partial charge in [0.2, 0.25) is 0 Å². The van der Waals surface area contributed by atoms with Gasteiger partial charge in [-0.05, 0) is 49.8 Å². The van der Waals surface area contributed by atoms with Gasteiger partial charge in [0.05, 0.1) is 12.2 Å². The highest BCUT2D eigenvalue weighted by molar-refractivity contribution is 9.10. The van der Waals surface area contributed by atoms with Crippen molar-refractivity contribution in [3.05, 3.63) is 64.1 Å². The van der Waals surface area contributed by atoms with E-state index >= 15 is 0 Å². The lowest BCUT2D eigenvalue weighted by atomic mass is 10.1. The second kappa shape index (κ2) is 10.3. The van der Waals surface area contributed by atoms with Gasteiger partial charge in [-0.1, -0.05) is 46.3 Å². The van der Waals surface area contributed by atoms with Crippen LogP contribution in [-0.4, -0.2) is 35.6 Å². The van der Waals surface area contributed by atoms with Crippen LogP contribution in [0.2, 0.25) is 0 Å². The summed E-state index contributed by atoms with van der Waals surface area (Å²) >= 11 is 8.73. The maximum atomic E-state index is 12.7. The Morgan fingerprint density at radius 1 is 1.15 bits per heavy atom. The molecule has 0 aliphatic rings. The van der Waals surface area contributed by atoms with Crippen molar-refractivity contribution in [1.82, 2.24) is 10.2 Å². The lowest BCUT2D eigenvalue weighted by Crippen LogP contribution is -2.42. The van der Waals surface area contributed by atoms with Crippen molar-refractivity contribution in [1.29, 1.82) is 0 Å². The molecule has 138 valence electrons. The van der Waals surface area contributed by atoms with E-state index in [-0.39, 0.29) is 5.91 Å². The van der Waals surface area contributed by atoms with Gasteiger partial charge in [-0.2, -0.15) is 0 Å². The van der Waals surface area contributed by atoms with Gasteiger partial charge in [-0.15, -0.1) is 0 Å². The van der Waals surface area contributed by atoms with Crippen molar-refractivity contribution in [3.63, 3.8) is 0 Å². The average Bonchev–Trinajstić information content (AvgIpc) is 2.64. The summed E-state index contributed by atoms with van der Waals surface area (Å²) in [5.74, 6) is 0.280. The molecule has 2 aromatic rings. The summed E-state index contributed by atoms with van der Waals surface area (Å²) in [5, 5.41) is 3.22. The van der Waals surface area contributed by atoms with E-state index < -0.39 is 0 Å². The second-order valence-corrected chi connectivity index (χ2v) is 6.96. The number of nitrogens with zero attached hydrogens (tertiary/aromatic N) is 1. The summed E-state index contributed by atoms with van der Waals surface area (Å²) in [7, 11) is 0. The fraction of sp³-hybridized carbons (Fsp3) is 0.300. The largest absolute Gasteiger partial charge is 0.492 e. The molecule has 0 bridgehead atoms. The number of thiocarbonyl (C=S) groups is 1. The first-order valence-electron chi connectivity index (χ1n) is 8.61. The summed E-state index contributed by atoms with van der Waals surface area (Å²) in [4.78, 5) is 14.6. The molecular weight excluding hydrogens is 412 g/mol. The van der Waals surface area contributed by atoms with Crippen molar-refractivity contribution in [2.75, 3.05) is 19.7 Å². The normalized spacial score (nSPS) is 10.3. The van der Waals surface area contributed by atoms with Gasteiger partial charge in [-0.25, -0.2) is 0 Å². The highest BCUT2D eigenvalue weighted by Gasteiger charge is 2.16. The molecule has 2 aromatic carbocycles. The van der Waals surface area contributed by atoms with Gasteiger partial charge in [-0.3, -0.25) is 10.1 Å². The van der Waals surface area contributed by atoms with Crippen LogP contribution in [0, 0.1) is 0 Å². The molecule has 0 unspecified atom stereocenters. The molecule has 0 heterocycles. The monoisotopic (exact) mass is 434 g/mol. The van der Waals surface area contributed by atoms with E-state index in [9.17, 15) is 4.79 Å². The summed E-state index contributed by atoms with van der Waals surface area (Å²) in [6.07, 6.45) is 0.774. The van der Waals surface area contributed by atoms with Crippen molar-refractivity contribution >= 4 is 39.2 Å². The number of carbonyl (C=O) groups is 1. The van der Waals surface area contributed by atoms with E-state index in [1.165, 1.54) is 5.56 Å². The molecule has 4 nitrogen and oxygen atoms in total. The highest BCUT2D eigenvalue weighted by Crippen LogP contribution is 2.23. The molecule has 0 saturated heterocycles. The van der Waals surface area contributed by atoms with Crippen LogP contribution in [-0.2, 0) is 6.42 Å². The van der Waals surface area contributed by atoms with Gasteiger partial charge in [0.25, 0.3) is 5.91 Å². The van der Waals surface area contributed by atoms with Gasteiger partial charge in [0.15, 0.2) is 5.11 Å². The smallest absolute Gasteiger partial charge is 0.261 e. The molecule has 0 saturated carbocycles. The summed E-state index contributed by atoms with van der Waals surface area (Å²) in [6.45, 7) is 5.98. The predicted octanol–water partition coefficient (Wildman–Crippen LogP) is 4.43. The minimum Gasteiger partial charge on any atom is -0.492 e. The van der Waals surface area contributed by atoms with E-state index in [4.69, 9.17) is 17.0 Å². The van der Waals surface area contributed by atoms with Gasteiger partial charge in [0, 0.05) is 24.0 Å². The van der Waals surface area contributed by atoms with E-state index in [1.807, 2.05) is 43.0 Å². The predicted molar refractivity (Wildman–Crippen MR) is 113 cm³/mol. The number of hydrogen-bond donors (Lipinski definition) is 1. The number of carbonyl (C=O) groups excluding carboxylic acids is 1. The molecular formula is C20H23BrN2O2S. The van der Waals surface area contributed by atoms with Crippen molar-refractivity contribution in [2.45, 2.75) is 20.3 Å². The zero-order valence-corrected chi connectivity index (χ0v) is 17.4. The van der Waals surface area contributed by atoms with E-state index in [0.29, 0.717) is 23.0 Å². The number of benzene rings is 2. The molecule has 2 rings (SSSR count). The fourth-order valence-corrected chi connectivity index (χ4v) is 3.20. The van der Waals surface area contributed by atoms with Crippen LogP contribution in [0.25, 0.3) is 0 Å². The Morgan fingerprint density at radius 2 is 1.85 bits per heavy atom. The van der Waals surface area contributed by atoms with Gasteiger partial charge in [0.1, 0.15) is 5.75 Å². The number of nitrogens with one attached hydrogen (secondary N) is 1. The van der Waals surface area contributed by atoms with Crippen LogP contribution in [0.15, 0.2) is 53.0 Å². The first-order chi connectivity index (χ1) is 12.5. The zero-order valence-electron chi connectivity index (χ0n) is 15.0. The highest BCUT2D eigenvalue weighted by atomic mass is 79.9. The Bertz CT molecular complexity index is 749. The lowest BCUT2D eigenvalue weighted by Gasteiger charge is -2.22. The maximum absolute atomic E-state index is 12.7. The second-order valence-electron chi connectivity index (χ2n) is 5.66. The van der Waals surface area contributed by atoms with Crippen LogP contribution in [0.4, 0.5) is 0 Å². The van der Waals surface area contributed by atoms with E-state index in [1.54, 1.807) is 12.1 Å². The maximum Gasteiger partial charge on any atom is 0.261 e. The Kier molecular flexibility index (Phi) is 8.06. The third-order valence-electron chi connectivity index (χ3n) is 3.95. The van der Waals surface area contributed by atoms with Crippen molar-refractivity contribution in [3.8, 4) is 5.75 Å². The molecule has 0 radical (unpaired) electrons. The van der Waals surface area contributed by atoms with Crippen molar-refractivity contribution in [2.24, 2.45) is 0 Å². The topological polar surface area (TPSA) is 41.6 Å². The number of rotatable bonds is 7. The molecule has 6 heteroatoms. The van der Waals surface area contributed by atoms with E-state index in [0.717, 1.165) is 24.0 Å². The van der Waals surface area contributed by atoms with Gasteiger partial charge < -0.3 is 9.64 Å². The standard InChI is InChI=1S/C20H23BrN2O2S/c1-3-23(4-2)20(26)22-19(24)17-14-16(21)10-11-18(17)25-13-12-15-8-6-5-7-9-15/h5-11,14H,3-4,12-13H2,1-2H3,(H,22,24,26). The quantitative estimate of drug-likeness (QED) is 0.654. The molecule has 0 spiro atoms. The first kappa shape index (κ1) is 20.4. The average molecular weight is 435 g/mol. The Labute approximate surface area is 168 Å². The SMILES string of the molecule is CCN(CC)C(=S)NC(=O)c1cc(Br)ccc1OCCc1ccccc1. The molecule has 1 amide bonds. The van der Waals surface area contributed by atoms with E-state index in [2.05, 4.69) is 33.4 Å². The molecule has 0 atom stereocenters. The van der Waals surface area contributed by atoms with Crippen LogP contribution in [0.1, 0.15) is 29.8 Å². The zero-order chi connectivity index (χ0) is 18.9. The number of amides is 1. The lowest BCUT2D eigenvalue weighted by molar-refractivity contribution is 0.0969. The first-order valence-corrected chi connectivity index (χ1v) is 9.81. The molecule has 0 fully saturated rings. The minimum absolute atomic E-state index is 0.266. The van der Waals surface area contributed by atoms with Crippen molar-refractivity contribution < 1.29 is 9.53 Å². The minimum atomic E-state index is -0.266. The Balaban J connectivity index is 2.06. The summed E-state index contributed by atoms with van der Waals surface area (Å²) < 4.78 is 6.69. The Morgan fingerprint density at radius 3 is 2.50 bits per heavy atom. The fourth-order valence-electron chi connectivity index (χ4n) is 2.48. The molecule has 0 aliphatic carbocycles. The van der Waals surface area contributed by atoms with Crippen LogP contribution in [0.5, 0.6) is 5.75 Å². The number of ether oxygens (including phenoxy) is 1. The van der Waals surface area contributed by atoms with Crippen LogP contribution < -0.4 is 10.1 Å². The molecule has 0 aromatic heterocycles. The molecule has 26 heavy (non-hydrogen) atoms. The number of halogens is 1. The Hall–Kier alpha value is -1.92. The summed E-state index contributed by atoms with van der Waals surface area (Å²) in [5.41, 5.74) is 1.65. The summed E-state index contributed by atoms with van der Waals surface area (Å²) in [6, 6.07) is 15.5. The third-order valence-corrected chi connectivity index (χ3v) is 4.80. The molecule has 0 aliphatic heterocycles. The van der Waals surface area contributed by atoms with Gasteiger partial charge >= 0.3 is 0 Å². The van der Waals surface area contributed by atoms with Crippen LogP contribution in [0.3, 0.4) is 0 Å². The third kappa shape index (κ3) is 5.81. The van der Waals surface area contributed by atoms with Crippen LogP contribution >= 0.6 is 28.1 Å². The number of hydrogen-bond acceptors (Lipinski definition) is 3.